The van der Waals surface area contributed by atoms with Gasteiger partial charge in [0.15, 0.2) is 0 Å². The van der Waals surface area contributed by atoms with Crippen molar-refractivity contribution in [2.75, 3.05) is 7.11 Å². The van der Waals surface area contributed by atoms with Gasteiger partial charge in [0.2, 0.25) is 0 Å². The number of aliphatic hydroxyl groups is 1. The third kappa shape index (κ3) is 2.36. The Morgan fingerprint density at radius 3 is 2.67 bits per heavy atom. The van der Waals surface area contributed by atoms with Crippen molar-refractivity contribution in [3.05, 3.63) is 35.1 Å². The lowest BCUT2D eigenvalue weighted by Gasteiger charge is -2.10. The molecular formula is C12H15FO2. The Labute approximate surface area is 88.7 Å². The summed E-state index contributed by atoms with van der Waals surface area (Å²) in [5, 5.41) is 9.73. The van der Waals surface area contributed by atoms with Crippen LogP contribution in [-0.4, -0.2) is 17.8 Å². The van der Waals surface area contributed by atoms with E-state index in [2.05, 4.69) is 0 Å². The van der Waals surface area contributed by atoms with Crippen LogP contribution in [0.5, 0.6) is 0 Å². The second-order valence-corrected chi connectivity index (χ2v) is 4.22. The zero-order valence-electron chi connectivity index (χ0n) is 8.79. The van der Waals surface area contributed by atoms with Crippen LogP contribution in [0.2, 0.25) is 0 Å². The number of hydrogen-bond acceptors (Lipinski definition) is 2. The van der Waals surface area contributed by atoms with Gasteiger partial charge in [-0.3, -0.25) is 0 Å². The molecule has 1 saturated carbocycles. The highest BCUT2D eigenvalue weighted by atomic mass is 19.1. The Morgan fingerprint density at radius 1 is 1.40 bits per heavy atom. The van der Waals surface area contributed by atoms with Crippen molar-refractivity contribution in [2.24, 2.45) is 0 Å². The minimum Gasteiger partial charge on any atom is -0.390 e. The van der Waals surface area contributed by atoms with E-state index in [1.165, 1.54) is 0 Å². The van der Waals surface area contributed by atoms with E-state index in [1.807, 2.05) is 0 Å². The van der Waals surface area contributed by atoms with Gasteiger partial charge in [-0.2, -0.15) is 0 Å². The molecule has 0 saturated heterocycles. The van der Waals surface area contributed by atoms with Crippen molar-refractivity contribution in [1.82, 2.24) is 0 Å². The van der Waals surface area contributed by atoms with Crippen LogP contribution in [0.4, 0.5) is 4.39 Å². The second-order valence-electron chi connectivity index (χ2n) is 4.22. The normalized spacial score (nSPS) is 17.8. The van der Waals surface area contributed by atoms with Gasteiger partial charge in [0.25, 0.3) is 0 Å². The van der Waals surface area contributed by atoms with Gasteiger partial charge in [0, 0.05) is 19.1 Å². The molecule has 0 aromatic heterocycles. The van der Waals surface area contributed by atoms with Crippen molar-refractivity contribution in [2.45, 2.75) is 31.5 Å². The smallest absolute Gasteiger partial charge is 0.132 e. The summed E-state index contributed by atoms with van der Waals surface area (Å²) in [5.74, 6) is -0.236. The predicted octanol–water partition coefficient (Wildman–Crippen LogP) is 2.04. The number of hydrogen-bond donors (Lipinski definition) is 1. The van der Waals surface area contributed by atoms with Crippen LogP contribution in [0, 0.1) is 5.82 Å². The monoisotopic (exact) mass is 210 g/mol. The summed E-state index contributed by atoms with van der Waals surface area (Å²) in [5.41, 5.74) is 0.496. The van der Waals surface area contributed by atoms with Crippen molar-refractivity contribution in [3.8, 4) is 0 Å². The molecule has 1 aromatic rings. The van der Waals surface area contributed by atoms with Gasteiger partial charge in [0.05, 0.1) is 12.2 Å². The average molecular weight is 210 g/mol. The van der Waals surface area contributed by atoms with E-state index in [0.29, 0.717) is 17.5 Å². The minimum atomic E-state index is -0.646. The molecule has 1 aliphatic carbocycles. The molecule has 0 spiro atoms. The first-order chi connectivity index (χ1) is 7.14. The highest BCUT2D eigenvalue weighted by molar-refractivity contribution is 5.28. The highest BCUT2D eigenvalue weighted by Gasteiger charge is 2.40. The maximum absolute atomic E-state index is 13.8. The van der Waals surface area contributed by atoms with Crippen molar-refractivity contribution < 1.29 is 14.2 Å². The molecular weight excluding hydrogens is 195 g/mol. The fraction of sp³-hybridized carbons (Fsp3) is 0.500. The lowest BCUT2D eigenvalue weighted by Crippen LogP contribution is -2.12. The third-order valence-electron chi connectivity index (χ3n) is 2.81. The van der Waals surface area contributed by atoms with E-state index >= 15 is 0 Å². The van der Waals surface area contributed by atoms with E-state index < -0.39 is 5.60 Å². The van der Waals surface area contributed by atoms with Crippen LogP contribution in [-0.2, 0) is 17.8 Å². The lowest BCUT2D eigenvalue weighted by atomic mass is 10.0. The van der Waals surface area contributed by atoms with Gasteiger partial charge in [-0.1, -0.05) is 18.2 Å². The minimum absolute atomic E-state index is 0.236. The SMILES string of the molecule is COCc1cccc(CC2(O)CC2)c1F. The number of rotatable bonds is 4. The molecule has 1 N–H and O–H groups in total. The summed E-state index contributed by atoms with van der Waals surface area (Å²) in [6.07, 6.45) is 1.97. The molecule has 0 aliphatic heterocycles. The molecule has 1 fully saturated rings. The summed E-state index contributed by atoms with van der Waals surface area (Å²) >= 11 is 0. The van der Waals surface area contributed by atoms with Crippen molar-refractivity contribution in [1.29, 1.82) is 0 Å². The zero-order chi connectivity index (χ0) is 10.9. The van der Waals surface area contributed by atoms with Crippen molar-refractivity contribution in [3.63, 3.8) is 0 Å². The second kappa shape index (κ2) is 3.91. The Bertz CT molecular complexity index is 359. The Hall–Kier alpha value is -0.930. The summed E-state index contributed by atoms with van der Waals surface area (Å²) < 4.78 is 18.7. The fourth-order valence-corrected chi connectivity index (χ4v) is 1.71. The van der Waals surface area contributed by atoms with Crippen LogP contribution in [0.1, 0.15) is 24.0 Å². The molecule has 0 bridgehead atoms. The van der Waals surface area contributed by atoms with Gasteiger partial charge in [-0.25, -0.2) is 4.39 Å². The van der Waals surface area contributed by atoms with Gasteiger partial charge in [-0.05, 0) is 18.4 Å². The molecule has 3 heteroatoms. The molecule has 0 heterocycles. The topological polar surface area (TPSA) is 29.5 Å². The molecule has 2 nitrogen and oxygen atoms in total. The molecule has 0 atom stereocenters. The quantitative estimate of drug-likeness (QED) is 0.824. The maximum Gasteiger partial charge on any atom is 0.132 e. The average Bonchev–Trinajstić information content (AvgIpc) is 2.91. The Morgan fingerprint density at radius 2 is 2.07 bits per heavy atom. The van der Waals surface area contributed by atoms with Gasteiger partial charge >= 0.3 is 0 Å². The lowest BCUT2D eigenvalue weighted by molar-refractivity contribution is 0.149. The molecule has 1 aromatic carbocycles. The standard InChI is InChI=1S/C12H15FO2/c1-15-8-10-4-2-3-9(11(10)13)7-12(14)5-6-12/h2-4,14H,5-8H2,1H3. The summed E-state index contributed by atoms with van der Waals surface area (Å²) in [7, 11) is 1.54. The third-order valence-corrected chi connectivity index (χ3v) is 2.81. The van der Waals surface area contributed by atoms with Crippen LogP contribution >= 0.6 is 0 Å². The van der Waals surface area contributed by atoms with Gasteiger partial charge in [-0.15, -0.1) is 0 Å². The number of benzene rings is 1. The fourth-order valence-electron chi connectivity index (χ4n) is 1.71. The van der Waals surface area contributed by atoms with Gasteiger partial charge < -0.3 is 9.84 Å². The van der Waals surface area contributed by atoms with Crippen LogP contribution in [0.25, 0.3) is 0 Å². The van der Waals surface area contributed by atoms with Crippen LogP contribution in [0.15, 0.2) is 18.2 Å². The Kier molecular flexibility index (Phi) is 2.76. The number of ether oxygens (including phenoxy) is 1. The number of halogens is 1. The first kappa shape index (κ1) is 10.6. The van der Waals surface area contributed by atoms with Gasteiger partial charge in [0.1, 0.15) is 5.82 Å². The molecule has 2 rings (SSSR count). The van der Waals surface area contributed by atoms with E-state index in [0.717, 1.165) is 12.8 Å². The molecule has 0 unspecified atom stereocenters. The van der Waals surface area contributed by atoms with Crippen LogP contribution < -0.4 is 0 Å². The van der Waals surface area contributed by atoms with E-state index in [9.17, 15) is 9.50 Å². The molecule has 0 radical (unpaired) electrons. The Balaban J connectivity index is 2.19. The summed E-state index contributed by atoms with van der Waals surface area (Å²) in [6.45, 7) is 0.276. The van der Waals surface area contributed by atoms with E-state index in [1.54, 1.807) is 25.3 Å². The number of methoxy groups -OCH3 is 1. The first-order valence-electron chi connectivity index (χ1n) is 5.12. The molecule has 1 aliphatic rings. The van der Waals surface area contributed by atoms with E-state index in [-0.39, 0.29) is 12.4 Å². The first-order valence-corrected chi connectivity index (χ1v) is 5.12. The van der Waals surface area contributed by atoms with Crippen molar-refractivity contribution >= 4 is 0 Å². The molecule has 15 heavy (non-hydrogen) atoms. The molecule has 0 amide bonds. The zero-order valence-corrected chi connectivity index (χ0v) is 8.79. The highest BCUT2D eigenvalue weighted by Crippen LogP contribution is 2.38. The van der Waals surface area contributed by atoms with Crippen LogP contribution in [0.3, 0.4) is 0 Å². The predicted molar refractivity (Wildman–Crippen MR) is 55.0 cm³/mol. The largest absolute Gasteiger partial charge is 0.390 e. The molecule has 82 valence electrons. The summed E-state index contributed by atoms with van der Waals surface area (Å²) in [4.78, 5) is 0. The summed E-state index contributed by atoms with van der Waals surface area (Å²) in [6, 6.07) is 5.24. The maximum atomic E-state index is 13.8. The van der Waals surface area contributed by atoms with E-state index in [4.69, 9.17) is 4.74 Å².